The number of ether oxygens (including phenoxy) is 1. The smallest absolute Gasteiger partial charge is 0.191 e. The molecule has 2 fully saturated rings. The molecule has 6 nitrogen and oxygen atoms in total. The summed E-state index contributed by atoms with van der Waals surface area (Å²) >= 11 is 1.60. The van der Waals surface area contributed by atoms with Gasteiger partial charge in [0.05, 0.1) is 5.69 Å². The summed E-state index contributed by atoms with van der Waals surface area (Å²) in [6, 6.07) is 8.67. The Morgan fingerprint density at radius 3 is 2.84 bits per heavy atom. The molecule has 2 saturated carbocycles. The van der Waals surface area contributed by atoms with Crippen molar-refractivity contribution in [3.63, 3.8) is 0 Å². The van der Waals surface area contributed by atoms with E-state index in [1.807, 2.05) is 13.0 Å². The Morgan fingerprint density at radius 2 is 2.13 bits per heavy atom. The van der Waals surface area contributed by atoms with Crippen molar-refractivity contribution < 1.29 is 13.7 Å². The standard InChI is InChI=1S/C23H27FN4O2S/c1-14-9-18(27-30-14)13-31-23-26-25-22(12-29-21-6-4-3-5-20(21)24)28(23)15(2)19-11-16-7-8-17(19)10-16/h3-6,9,15-17,19H,7-8,10-13H2,1-2H3. The molecule has 3 aromatic rings. The Morgan fingerprint density at radius 1 is 1.26 bits per heavy atom. The summed E-state index contributed by atoms with van der Waals surface area (Å²) in [6.45, 7) is 4.34. The van der Waals surface area contributed by atoms with Crippen LogP contribution in [0.15, 0.2) is 40.0 Å². The number of nitrogens with zero attached hydrogens (tertiary/aromatic N) is 4. The molecular formula is C23H27FN4O2S. The van der Waals surface area contributed by atoms with Gasteiger partial charge in [-0.25, -0.2) is 4.39 Å². The number of aromatic nitrogens is 4. The van der Waals surface area contributed by atoms with Crippen molar-refractivity contribution in [1.82, 2.24) is 19.9 Å². The van der Waals surface area contributed by atoms with Gasteiger partial charge < -0.3 is 9.26 Å². The average molecular weight is 443 g/mol. The molecule has 0 spiro atoms. The number of para-hydroxylation sites is 1. The molecule has 0 radical (unpaired) electrons. The van der Waals surface area contributed by atoms with E-state index in [2.05, 4.69) is 26.8 Å². The van der Waals surface area contributed by atoms with E-state index in [1.165, 1.54) is 31.7 Å². The number of rotatable bonds is 8. The van der Waals surface area contributed by atoms with Crippen molar-refractivity contribution in [3.05, 3.63) is 53.4 Å². The van der Waals surface area contributed by atoms with E-state index in [0.29, 0.717) is 11.7 Å². The highest BCUT2D eigenvalue weighted by atomic mass is 32.2. The Labute approximate surface area is 185 Å². The van der Waals surface area contributed by atoms with Crippen LogP contribution >= 0.6 is 11.8 Å². The Hall–Kier alpha value is -2.35. The maximum Gasteiger partial charge on any atom is 0.191 e. The number of hydrogen-bond acceptors (Lipinski definition) is 6. The van der Waals surface area contributed by atoms with E-state index in [4.69, 9.17) is 9.26 Å². The lowest BCUT2D eigenvalue weighted by atomic mass is 9.84. The number of fused-ring (bicyclic) bond motifs is 2. The second-order valence-electron chi connectivity index (χ2n) is 8.78. The van der Waals surface area contributed by atoms with Gasteiger partial charge in [0.1, 0.15) is 12.4 Å². The van der Waals surface area contributed by atoms with Gasteiger partial charge in [-0.05, 0) is 63.0 Å². The molecule has 5 rings (SSSR count). The minimum atomic E-state index is -0.370. The zero-order valence-electron chi connectivity index (χ0n) is 17.8. The quantitative estimate of drug-likeness (QED) is 0.424. The molecule has 0 N–H and O–H groups in total. The van der Waals surface area contributed by atoms with Gasteiger partial charge in [-0.2, -0.15) is 0 Å². The highest BCUT2D eigenvalue weighted by molar-refractivity contribution is 7.98. The number of halogens is 1. The van der Waals surface area contributed by atoms with Gasteiger partial charge in [-0.3, -0.25) is 4.57 Å². The normalized spacial score (nSPS) is 23.4. The van der Waals surface area contributed by atoms with E-state index in [0.717, 1.165) is 34.3 Å². The first kappa shape index (κ1) is 20.5. The third-order valence-corrected chi connectivity index (χ3v) is 7.75. The molecule has 31 heavy (non-hydrogen) atoms. The van der Waals surface area contributed by atoms with Crippen LogP contribution in [0.1, 0.15) is 55.9 Å². The summed E-state index contributed by atoms with van der Waals surface area (Å²) < 4.78 is 27.2. The Balaban J connectivity index is 1.38. The van der Waals surface area contributed by atoms with E-state index in [1.54, 1.807) is 30.0 Å². The van der Waals surface area contributed by atoms with E-state index in [-0.39, 0.29) is 24.2 Å². The van der Waals surface area contributed by atoms with E-state index < -0.39 is 0 Å². The molecule has 8 heteroatoms. The molecule has 4 unspecified atom stereocenters. The van der Waals surface area contributed by atoms with Crippen molar-refractivity contribution in [3.8, 4) is 5.75 Å². The van der Waals surface area contributed by atoms with Gasteiger partial charge in [-0.1, -0.05) is 35.5 Å². The van der Waals surface area contributed by atoms with E-state index >= 15 is 0 Å². The van der Waals surface area contributed by atoms with Crippen LogP contribution in [-0.2, 0) is 12.4 Å². The minimum absolute atomic E-state index is 0.183. The topological polar surface area (TPSA) is 66.0 Å². The average Bonchev–Trinajstić information content (AvgIpc) is 3.55. The zero-order valence-corrected chi connectivity index (χ0v) is 18.6. The highest BCUT2D eigenvalue weighted by Gasteiger charge is 2.43. The monoisotopic (exact) mass is 442 g/mol. The lowest BCUT2D eigenvalue weighted by Crippen LogP contribution is -2.24. The highest BCUT2D eigenvalue weighted by Crippen LogP contribution is 2.52. The van der Waals surface area contributed by atoms with Gasteiger partial charge in [0.15, 0.2) is 22.5 Å². The summed E-state index contributed by atoms with van der Waals surface area (Å²) in [5.41, 5.74) is 0.883. The number of hydrogen-bond donors (Lipinski definition) is 0. The fourth-order valence-electron chi connectivity index (χ4n) is 5.32. The molecule has 0 aliphatic heterocycles. The first-order chi connectivity index (χ1) is 15.1. The number of thioether (sulfide) groups is 1. The predicted molar refractivity (Wildman–Crippen MR) is 115 cm³/mol. The van der Waals surface area contributed by atoms with Gasteiger partial charge in [0, 0.05) is 17.9 Å². The molecule has 164 valence electrons. The van der Waals surface area contributed by atoms with Crippen LogP contribution < -0.4 is 4.74 Å². The fraction of sp³-hybridized carbons (Fsp3) is 0.522. The molecule has 2 aliphatic carbocycles. The van der Waals surface area contributed by atoms with Crippen molar-refractivity contribution in [2.24, 2.45) is 17.8 Å². The van der Waals surface area contributed by atoms with Crippen molar-refractivity contribution in [2.75, 3.05) is 0 Å². The maximum atomic E-state index is 14.0. The molecule has 2 aliphatic rings. The van der Waals surface area contributed by atoms with Gasteiger partial charge in [0.2, 0.25) is 0 Å². The molecule has 4 atom stereocenters. The Bertz CT molecular complexity index is 1050. The molecule has 0 saturated heterocycles. The molecular weight excluding hydrogens is 415 g/mol. The lowest BCUT2D eigenvalue weighted by molar-refractivity contribution is 0.215. The van der Waals surface area contributed by atoms with Crippen LogP contribution in [0.4, 0.5) is 4.39 Å². The third-order valence-electron chi connectivity index (χ3n) is 6.77. The summed E-state index contributed by atoms with van der Waals surface area (Å²) in [4.78, 5) is 0. The second kappa shape index (κ2) is 8.65. The number of benzene rings is 1. The largest absolute Gasteiger partial charge is 0.483 e. The third kappa shape index (κ3) is 4.22. The Kier molecular flexibility index (Phi) is 5.73. The van der Waals surface area contributed by atoms with Crippen LogP contribution in [-0.4, -0.2) is 19.9 Å². The molecule has 1 aromatic carbocycles. The van der Waals surface area contributed by atoms with Crippen molar-refractivity contribution >= 4 is 11.8 Å². The fourth-order valence-corrected chi connectivity index (χ4v) is 6.24. The first-order valence-electron chi connectivity index (χ1n) is 10.9. The van der Waals surface area contributed by atoms with Crippen LogP contribution in [0.5, 0.6) is 5.75 Å². The first-order valence-corrected chi connectivity index (χ1v) is 11.9. The van der Waals surface area contributed by atoms with Crippen LogP contribution in [0.2, 0.25) is 0 Å². The summed E-state index contributed by atoms with van der Waals surface area (Å²) in [5, 5.41) is 13.8. The SMILES string of the molecule is Cc1cc(CSc2nnc(COc3ccccc3F)n2C(C)C2CC3CCC2C3)no1. The van der Waals surface area contributed by atoms with Gasteiger partial charge in [0.25, 0.3) is 0 Å². The molecule has 2 heterocycles. The van der Waals surface area contributed by atoms with Crippen LogP contribution in [0.25, 0.3) is 0 Å². The molecule has 0 amide bonds. The van der Waals surface area contributed by atoms with Crippen LogP contribution in [0, 0.1) is 30.5 Å². The van der Waals surface area contributed by atoms with Gasteiger partial charge >= 0.3 is 0 Å². The summed E-state index contributed by atoms with van der Waals surface area (Å²) in [6.07, 6.45) is 5.30. The van der Waals surface area contributed by atoms with Crippen LogP contribution in [0.3, 0.4) is 0 Å². The predicted octanol–water partition coefficient (Wildman–Crippen LogP) is 5.58. The van der Waals surface area contributed by atoms with Crippen molar-refractivity contribution in [1.29, 1.82) is 0 Å². The number of aryl methyl sites for hydroxylation is 1. The summed E-state index contributed by atoms with van der Waals surface area (Å²) in [7, 11) is 0. The van der Waals surface area contributed by atoms with Gasteiger partial charge in [-0.15, -0.1) is 10.2 Å². The lowest BCUT2D eigenvalue weighted by Gasteiger charge is -2.30. The van der Waals surface area contributed by atoms with E-state index in [9.17, 15) is 4.39 Å². The molecule has 2 bridgehead atoms. The summed E-state index contributed by atoms with van der Waals surface area (Å²) in [5.74, 6) is 4.31. The zero-order chi connectivity index (χ0) is 21.4. The second-order valence-corrected chi connectivity index (χ2v) is 9.73. The van der Waals surface area contributed by atoms with Crippen molar-refractivity contribution in [2.45, 2.75) is 63.1 Å². The molecule has 2 aromatic heterocycles. The maximum absolute atomic E-state index is 14.0. The minimum Gasteiger partial charge on any atom is -0.483 e.